The molecule has 0 unspecified atom stereocenters. The van der Waals surface area contributed by atoms with E-state index in [0.29, 0.717) is 12.3 Å². The van der Waals surface area contributed by atoms with Crippen LogP contribution in [0.4, 0.5) is 0 Å². The van der Waals surface area contributed by atoms with Crippen molar-refractivity contribution in [1.82, 2.24) is 5.32 Å². The number of amides is 1. The second-order valence-electron chi connectivity index (χ2n) is 5.74. The Balaban J connectivity index is 1.74. The van der Waals surface area contributed by atoms with Crippen LogP contribution in [0.5, 0.6) is 0 Å². The highest BCUT2D eigenvalue weighted by Crippen LogP contribution is 2.36. The number of aliphatic hydroxyl groups is 1. The molecular formula is C16H23NO2S. The molecule has 1 aliphatic rings. The summed E-state index contributed by atoms with van der Waals surface area (Å²) in [4.78, 5) is 13.0. The van der Waals surface area contributed by atoms with Crippen molar-refractivity contribution in [3.8, 4) is 0 Å². The van der Waals surface area contributed by atoms with Gasteiger partial charge in [-0.1, -0.05) is 30.5 Å². The lowest BCUT2D eigenvalue weighted by molar-refractivity contribution is -0.119. The smallest absolute Gasteiger partial charge is 0.230 e. The minimum atomic E-state index is -0.0653. The van der Waals surface area contributed by atoms with Crippen molar-refractivity contribution < 1.29 is 9.90 Å². The van der Waals surface area contributed by atoms with Gasteiger partial charge in [0.2, 0.25) is 5.91 Å². The van der Waals surface area contributed by atoms with E-state index < -0.39 is 0 Å². The van der Waals surface area contributed by atoms with Gasteiger partial charge in [0, 0.05) is 16.9 Å². The van der Waals surface area contributed by atoms with E-state index in [9.17, 15) is 9.90 Å². The van der Waals surface area contributed by atoms with Gasteiger partial charge in [0.15, 0.2) is 0 Å². The molecular weight excluding hydrogens is 270 g/mol. The molecule has 1 aromatic rings. The zero-order valence-electron chi connectivity index (χ0n) is 12.0. The molecule has 0 heterocycles. The third-order valence-corrected chi connectivity index (χ3v) is 5.06. The number of benzene rings is 1. The molecule has 1 fully saturated rings. The fraction of sp³-hybridized carbons (Fsp3) is 0.562. The zero-order chi connectivity index (χ0) is 14.4. The quantitative estimate of drug-likeness (QED) is 0.793. The summed E-state index contributed by atoms with van der Waals surface area (Å²) in [6.45, 7) is 2.84. The average Bonchev–Trinajstić information content (AvgIpc) is 2.94. The molecule has 0 bridgehead atoms. The third kappa shape index (κ3) is 4.25. The van der Waals surface area contributed by atoms with Gasteiger partial charge in [0.1, 0.15) is 0 Å². The Morgan fingerprint density at radius 1 is 1.30 bits per heavy atom. The van der Waals surface area contributed by atoms with Crippen molar-refractivity contribution in [2.75, 3.05) is 18.9 Å². The molecule has 1 aromatic carbocycles. The number of nitrogens with one attached hydrogen (secondary N) is 1. The molecule has 0 atom stereocenters. The first-order chi connectivity index (χ1) is 9.63. The summed E-state index contributed by atoms with van der Waals surface area (Å²) in [5, 5.41) is 12.5. The van der Waals surface area contributed by atoms with Crippen LogP contribution in [0, 0.1) is 12.3 Å². The van der Waals surface area contributed by atoms with Crippen LogP contribution in [-0.4, -0.2) is 29.9 Å². The van der Waals surface area contributed by atoms with E-state index in [4.69, 9.17) is 0 Å². The standard InChI is InChI=1S/C16H23NO2S/c1-13-4-6-14(7-5-13)20-10-15(19)17-11-16(12-18)8-2-3-9-16/h4-7,18H,2-3,8-12H2,1H3,(H,17,19). The summed E-state index contributed by atoms with van der Waals surface area (Å²) in [5.41, 5.74) is 1.16. The molecule has 0 radical (unpaired) electrons. The molecule has 1 aliphatic carbocycles. The van der Waals surface area contributed by atoms with Gasteiger partial charge in [0.25, 0.3) is 0 Å². The molecule has 2 N–H and O–H groups in total. The summed E-state index contributed by atoms with van der Waals surface area (Å²) in [5.74, 6) is 0.486. The largest absolute Gasteiger partial charge is 0.396 e. The monoisotopic (exact) mass is 293 g/mol. The van der Waals surface area contributed by atoms with E-state index in [2.05, 4.69) is 24.4 Å². The average molecular weight is 293 g/mol. The number of hydrogen-bond donors (Lipinski definition) is 2. The van der Waals surface area contributed by atoms with E-state index in [1.165, 1.54) is 5.56 Å². The summed E-state index contributed by atoms with van der Waals surface area (Å²) >= 11 is 1.55. The van der Waals surface area contributed by atoms with Crippen LogP contribution >= 0.6 is 11.8 Å². The normalized spacial score (nSPS) is 17.1. The van der Waals surface area contributed by atoms with E-state index in [1.54, 1.807) is 11.8 Å². The number of aryl methyl sites for hydroxylation is 1. The van der Waals surface area contributed by atoms with Gasteiger partial charge in [-0.05, 0) is 31.9 Å². The molecule has 2 rings (SSSR count). The van der Waals surface area contributed by atoms with Crippen molar-refractivity contribution in [3.63, 3.8) is 0 Å². The molecule has 0 saturated heterocycles. The van der Waals surface area contributed by atoms with Crippen LogP contribution in [0.15, 0.2) is 29.2 Å². The Kier molecular flexibility index (Phi) is 5.49. The summed E-state index contributed by atoms with van der Waals surface area (Å²) in [7, 11) is 0. The molecule has 1 saturated carbocycles. The summed E-state index contributed by atoms with van der Waals surface area (Å²) < 4.78 is 0. The number of aliphatic hydroxyl groups excluding tert-OH is 1. The van der Waals surface area contributed by atoms with Gasteiger partial charge in [0.05, 0.1) is 12.4 Å². The van der Waals surface area contributed by atoms with Crippen molar-refractivity contribution >= 4 is 17.7 Å². The Bertz CT molecular complexity index is 438. The number of rotatable bonds is 6. The van der Waals surface area contributed by atoms with Crippen molar-refractivity contribution in [1.29, 1.82) is 0 Å². The van der Waals surface area contributed by atoms with Crippen LogP contribution in [0.3, 0.4) is 0 Å². The number of thioether (sulfide) groups is 1. The van der Waals surface area contributed by atoms with Crippen molar-refractivity contribution in [2.24, 2.45) is 5.41 Å². The van der Waals surface area contributed by atoms with Crippen molar-refractivity contribution in [3.05, 3.63) is 29.8 Å². The van der Waals surface area contributed by atoms with Gasteiger partial charge < -0.3 is 10.4 Å². The van der Waals surface area contributed by atoms with Crippen LogP contribution < -0.4 is 5.32 Å². The van der Waals surface area contributed by atoms with Gasteiger partial charge in [-0.2, -0.15) is 0 Å². The molecule has 0 spiro atoms. The van der Waals surface area contributed by atoms with Crippen molar-refractivity contribution in [2.45, 2.75) is 37.5 Å². The van der Waals surface area contributed by atoms with Gasteiger partial charge in [-0.25, -0.2) is 0 Å². The maximum absolute atomic E-state index is 11.9. The van der Waals surface area contributed by atoms with E-state index in [-0.39, 0.29) is 17.9 Å². The van der Waals surface area contributed by atoms with Crippen LogP contribution in [0.25, 0.3) is 0 Å². The first-order valence-corrected chi connectivity index (χ1v) is 8.19. The first kappa shape index (κ1) is 15.4. The van der Waals surface area contributed by atoms with E-state index >= 15 is 0 Å². The maximum atomic E-state index is 11.9. The SMILES string of the molecule is Cc1ccc(SCC(=O)NCC2(CO)CCCC2)cc1. The fourth-order valence-electron chi connectivity index (χ4n) is 2.64. The lowest BCUT2D eigenvalue weighted by atomic mass is 9.87. The Morgan fingerprint density at radius 2 is 1.95 bits per heavy atom. The number of hydrogen-bond acceptors (Lipinski definition) is 3. The Labute approximate surface area is 125 Å². The van der Waals surface area contributed by atoms with Crippen LogP contribution in [-0.2, 0) is 4.79 Å². The maximum Gasteiger partial charge on any atom is 0.230 e. The Morgan fingerprint density at radius 3 is 2.55 bits per heavy atom. The molecule has 20 heavy (non-hydrogen) atoms. The lowest BCUT2D eigenvalue weighted by Gasteiger charge is -2.26. The second-order valence-corrected chi connectivity index (χ2v) is 6.79. The second kappa shape index (κ2) is 7.14. The minimum absolute atomic E-state index is 0.0512. The molecule has 1 amide bonds. The highest BCUT2D eigenvalue weighted by Gasteiger charge is 2.33. The zero-order valence-corrected chi connectivity index (χ0v) is 12.8. The van der Waals surface area contributed by atoms with Gasteiger partial charge in [-0.15, -0.1) is 11.8 Å². The Hall–Kier alpha value is -1.00. The minimum Gasteiger partial charge on any atom is -0.396 e. The van der Waals surface area contributed by atoms with Gasteiger partial charge >= 0.3 is 0 Å². The summed E-state index contributed by atoms with van der Waals surface area (Å²) in [6, 6.07) is 8.19. The van der Waals surface area contributed by atoms with E-state index in [1.807, 2.05) is 12.1 Å². The number of carbonyl (C=O) groups excluding carboxylic acids is 1. The predicted molar refractivity (Wildman–Crippen MR) is 82.9 cm³/mol. The van der Waals surface area contributed by atoms with Crippen LogP contribution in [0.1, 0.15) is 31.2 Å². The highest BCUT2D eigenvalue weighted by molar-refractivity contribution is 8.00. The van der Waals surface area contributed by atoms with Crippen LogP contribution in [0.2, 0.25) is 0 Å². The molecule has 0 aromatic heterocycles. The molecule has 3 nitrogen and oxygen atoms in total. The first-order valence-electron chi connectivity index (χ1n) is 7.21. The summed E-state index contributed by atoms with van der Waals surface area (Å²) in [6.07, 6.45) is 4.37. The predicted octanol–water partition coefficient (Wildman–Crippen LogP) is 2.76. The van der Waals surface area contributed by atoms with E-state index in [0.717, 1.165) is 30.6 Å². The topological polar surface area (TPSA) is 49.3 Å². The highest BCUT2D eigenvalue weighted by atomic mass is 32.2. The lowest BCUT2D eigenvalue weighted by Crippen LogP contribution is -2.39. The third-order valence-electron chi connectivity index (χ3n) is 4.05. The molecule has 0 aliphatic heterocycles. The molecule has 110 valence electrons. The molecule has 4 heteroatoms. The number of carbonyl (C=O) groups is 1. The fourth-order valence-corrected chi connectivity index (χ4v) is 3.36. The van der Waals surface area contributed by atoms with Gasteiger partial charge in [-0.3, -0.25) is 4.79 Å².